The number of amides is 1. The van der Waals surface area contributed by atoms with Crippen molar-refractivity contribution >= 4 is 18.0 Å². The average molecular weight is 566 g/mol. The molecule has 2 atom stereocenters. The predicted molar refractivity (Wildman–Crippen MR) is 143 cm³/mol. The number of ether oxygens (including phenoxy) is 3. The van der Waals surface area contributed by atoms with Crippen molar-refractivity contribution in [3.8, 4) is 0 Å². The van der Waals surface area contributed by atoms with Crippen LogP contribution in [0.4, 0.5) is 18.0 Å². The monoisotopic (exact) mass is 565 g/mol. The second kappa shape index (κ2) is 13.2. The maximum atomic E-state index is 13.5. The molecule has 0 N–H and O–H groups in total. The molecule has 0 aliphatic rings. The van der Waals surface area contributed by atoms with Gasteiger partial charge in [0.25, 0.3) is 0 Å². The van der Waals surface area contributed by atoms with Gasteiger partial charge in [-0.25, -0.2) is 14.4 Å². The van der Waals surface area contributed by atoms with Crippen molar-refractivity contribution in [2.24, 2.45) is 5.41 Å². The third kappa shape index (κ3) is 10.9. The summed E-state index contributed by atoms with van der Waals surface area (Å²) in [6.07, 6.45) is -6.78. The van der Waals surface area contributed by atoms with E-state index < -0.39 is 52.9 Å². The standard InChI is InChI=1S/C30H38F3NO6/c1-28(2,3)18-23(34(7)27(37)40-29(4,5)6)25(35)39-24(26(36)38-19-21-11-9-8-10-12-21)17-20-13-15-22(16-14-20)30(31,32)33/h8-16,23-24H,17-19H2,1-7H3/t23-,24+/m0/s1. The molecule has 2 aromatic rings. The second-order valence-corrected chi connectivity index (χ2v) is 11.8. The van der Waals surface area contributed by atoms with Gasteiger partial charge in [-0.15, -0.1) is 0 Å². The number of alkyl halides is 3. The Bertz CT molecular complexity index is 1140. The predicted octanol–water partition coefficient (Wildman–Crippen LogP) is 6.57. The molecule has 0 spiro atoms. The van der Waals surface area contributed by atoms with Crippen molar-refractivity contribution in [1.82, 2.24) is 4.90 Å². The molecule has 0 aromatic heterocycles. The summed E-state index contributed by atoms with van der Waals surface area (Å²) < 4.78 is 55.5. The lowest BCUT2D eigenvalue weighted by Crippen LogP contribution is -2.48. The summed E-state index contributed by atoms with van der Waals surface area (Å²) in [4.78, 5) is 40.5. The number of carbonyl (C=O) groups is 3. The normalized spacial score (nSPS) is 13.7. The molecule has 10 heteroatoms. The summed E-state index contributed by atoms with van der Waals surface area (Å²) >= 11 is 0. The van der Waals surface area contributed by atoms with Crippen molar-refractivity contribution in [2.75, 3.05) is 7.05 Å². The van der Waals surface area contributed by atoms with Crippen LogP contribution >= 0.6 is 0 Å². The number of nitrogens with zero attached hydrogens (tertiary/aromatic N) is 1. The summed E-state index contributed by atoms with van der Waals surface area (Å²) in [7, 11) is 1.41. The van der Waals surface area contributed by atoms with Gasteiger partial charge in [-0.3, -0.25) is 4.90 Å². The largest absolute Gasteiger partial charge is 0.458 e. The van der Waals surface area contributed by atoms with Crippen LogP contribution in [-0.2, 0) is 43.0 Å². The maximum absolute atomic E-state index is 13.5. The van der Waals surface area contributed by atoms with Crippen molar-refractivity contribution in [3.05, 3.63) is 71.3 Å². The molecule has 0 aliphatic carbocycles. The zero-order valence-corrected chi connectivity index (χ0v) is 24.0. The van der Waals surface area contributed by atoms with Crippen LogP contribution < -0.4 is 0 Å². The van der Waals surface area contributed by atoms with Gasteiger partial charge in [-0.1, -0.05) is 63.2 Å². The van der Waals surface area contributed by atoms with Gasteiger partial charge in [0, 0.05) is 13.5 Å². The van der Waals surface area contributed by atoms with Crippen LogP contribution in [-0.4, -0.2) is 47.7 Å². The highest BCUT2D eigenvalue weighted by Gasteiger charge is 2.37. The fraction of sp³-hybridized carbons (Fsp3) is 0.500. The first-order valence-electron chi connectivity index (χ1n) is 12.9. The topological polar surface area (TPSA) is 82.1 Å². The van der Waals surface area contributed by atoms with Gasteiger partial charge in [0.2, 0.25) is 6.10 Å². The highest BCUT2D eigenvalue weighted by molar-refractivity contribution is 5.85. The molecule has 0 aliphatic heterocycles. The minimum atomic E-state index is -4.52. The van der Waals surface area contributed by atoms with Crippen LogP contribution in [0.1, 0.15) is 64.7 Å². The van der Waals surface area contributed by atoms with E-state index in [1.165, 1.54) is 19.2 Å². The fourth-order valence-corrected chi connectivity index (χ4v) is 3.68. The van der Waals surface area contributed by atoms with Crippen LogP contribution in [0.5, 0.6) is 0 Å². The second-order valence-electron chi connectivity index (χ2n) is 11.8. The third-order valence-electron chi connectivity index (χ3n) is 5.67. The number of rotatable bonds is 9. The lowest BCUT2D eigenvalue weighted by atomic mass is 9.87. The summed E-state index contributed by atoms with van der Waals surface area (Å²) in [6.45, 7) is 10.6. The molecule has 2 rings (SSSR count). The molecular formula is C30H38F3NO6. The first-order valence-corrected chi connectivity index (χ1v) is 12.9. The van der Waals surface area contributed by atoms with Gasteiger partial charge in [-0.2, -0.15) is 13.2 Å². The van der Waals surface area contributed by atoms with E-state index in [1.54, 1.807) is 51.1 Å². The molecule has 220 valence electrons. The molecule has 0 fully saturated rings. The lowest BCUT2D eigenvalue weighted by molar-refractivity contribution is -0.172. The van der Waals surface area contributed by atoms with Gasteiger partial charge < -0.3 is 14.2 Å². The SMILES string of the molecule is CN(C(=O)OC(C)(C)C)[C@@H](CC(C)(C)C)C(=O)O[C@H](Cc1ccc(C(F)(F)F)cc1)C(=O)OCc1ccccc1. The maximum Gasteiger partial charge on any atom is 0.416 e. The molecule has 40 heavy (non-hydrogen) atoms. The molecule has 0 unspecified atom stereocenters. The highest BCUT2D eigenvalue weighted by atomic mass is 19.4. The average Bonchev–Trinajstić information content (AvgIpc) is 2.83. The Morgan fingerprint density at radius 3 is 1.90 bits per heavy atom. The Labute approximate surface area is 233 Å². The van der Waals surface area contributed by atoms with E-state index in [1.807, 2.05) is 20.8 Å². The quantitative estimate of drug-likeness (QED) is 0.253. The van der Waals surface area contributed by atoms with Crippen LogP contribution in [0.2, 0.25) is 0 Å². The molecule has 0 bridgehead atoms. The molecule has 0 heterocycles. The molecule has 7 nitrogen and oxygen atoms in total. The van der Waals surface area contributed by atoms with E-state index >= 15 is 0 Å². The van der Waals surface area contributed by atoms with Gasteiger partial charge in [0.15, 0.2) is 0 Å². The molecule has 1 amide bonds. The van der Waals surface area contributed by atoms with Gasteiger partial charge >= 0.3 is 24.2 Å². The van der Waals surface area contributed by atoms with Crippen LogP contribution in [0.25, 0.3) is 0 Å². The van der Waals surface area contributed by atoms with E-state index in [0.29, 0.717) is 11.1 Å². The molecule has 0 radical (unpaired) electrons. The van der Waals surface area contributed by atoms with Gasteiger partial charge in [0.1, 0.15) is 18.2 Å². The van der Waals surface area contributed by atoms with E-state index in [9.17, 15) is 27.6 Å². The summed E-state index contributed by atoms with van der Waals surface area (Å²) in [5.41, 5.74) is -1.05. The number of carbonyl (C=O) groups excluding carboxylic acids is 3. The summed E-state index contributed by atoms with van der Waals surface area (Å²) in [6, 6.07) is 12.0. The Morgan fingerprint density at radius 2 is 1.40 bits per heavy atom. The van der Waals surface area contributed by atoms with Crippen molar-refractivity contribution in [3.63, 3.8) is 0 Å². The molecule has 2 aromatic carbocycles. The number of hydrogen-bond acceptors (Lipinski definition) is 6. The van der Waals surface area contributed by atoms with Crippen LogP contribution in [0.3, 0.4) is 0 Å². The number of benzene rings is 2. The Morgan fingerprint density at radius 1 is 0.825 bits per heavy atom. The lowest BCUT2D eigenvalue weighted by Gasteiger charge is -2.33. The Hall–Kier alpha value is -3.56. The Balaban J connectivity index is 2.32. The zero-order valence-electron chi connectivity index (χ0n) is 24.0. The number of likely N-dealkylation sites (N-methyl/N-ethyl adjacent to an activating group) is 1. The first-order chi connectivity index (χ1) is 18.4. The van der Waals surface area contributed by atoms with Gasteiger partial charge in [-0.05, 0) is 55.9 Å². The summed E-state index contributed by atoms with van der Waals surface area (Å²) in [5.74, 6) is -1.73. The molecular weight excluding hydrogens is 527 g/mol. The Kier molecular flexibility index (Phi) is 10.8. The van der Waals surface area contributed by atoms with E-state index in [-0.39, 0.29) is 19.4 Å². The van der Waals surface area contributed by atoms with E-state index in [4.69, 9.17) is 14.2 Å². The van der Waals surface area contributed by atoms with Crippen LogP contribution in [0.15, 0.2) is 54.6 Å². The summed E-state index contributed by atoms with van der Waals surface area (Å²) in [5, 5.41) is 0. The van der Waals surface area contributed by atoms with Crippen molar-refractivity contribution < 1.29 is 41.8 Å². The van der Waals surface area contributed by atoms with Crippen molar-refractivity contribution in [2.45, 2.75) is 84.9 Å². The fourth-order valence-electron chi connectivity index (χ4n) is 3.68. The zero-order chi connectivity index (χ0) is 30.3. The van der Waals surface area contributed by atoms with E-state index in [0.717, 1.165) is 17.0 Å². The van der Waals surface area contributed by atoms with Crippen molar-refractivity contribution in [1.29, 1.82) is 0 Å². The number of hydrogen-bond donors (Lipinski definition) is 0. The molecule has 0 saturated carbocycles. The third-order valence-corrected chi connectivity index (χ3v) is 5.67. The molecule has 0 saturated heterocycles. The minimum absolute atomic E-state index is 0.0933. The van der Waals surface area contributed by atoms with E-state index in [2.05, 4.69) is 0 Å². The minimum Gasteiger partial charge on any atom is -0.458 e. The van der Waals surface area contributed by atoms with Gasteiger partial charge in [0.05, 0.1) is 5.56 Å². The smallest absolute Gasteiger partial charge is 0.416 e. The first kappa shape index (κ1) is 32.7. The highest BCUT2D eigenvalue weighted by Crippen LogP contribution is 2.30. The number of halogens is 3. The van der Waals surface area contributed by atoms with Crippen LogP contribution in [0, 0.1) is 5.41 Å². The number of esters is 2.